The van der Waals surface area contributed by atoms with Gasteiger partial charge in [-0.05, 0) is 12.1 Å². The van der Waals surface area contributed by atoms with E-state index in [-0.39, 0.29) is 0 Å². The molecular formula is C12H16N2OS. The molecule has 0 fully saturated rings. The highest BCUT2D eigenvalue weighted by molar-refractivity contribution is 7.09. The van der Waals surface area contributed by atoms with Crippen LogP contribution in [0, 0.1) is 0 Å². The minimum absolute atomic E-state index is 0.502. The summed E-state index contributed by atoms with van der Waals surface area (Å²) in [6, 6.07) is 8.55. The summed E-state index contributed by atoms with van der Waals surface area (Å²) in [5.41, 5.74) is 1.01. The molecule has 0 amide bonds. The fourth-order valence-electron chi connectivity index (χ4n) is 1.46. The summed E-state index contributed by atoms with van der Waals surface area (Å²) < 4.78 is 10.0. The molecule has 86 valence electrons. The van der Waals surface area contributed by atoms with E-state index in [4.69, 9.17) is 4.74 Å². The highest BCUT2D eigenvalue weighted by Crippen LogP contribution is 2.29. The molecule has 0 spiro atoms. The number of ether oxygens (including phenoxy) is 1. The average Bonchev–Trinajstić information content (AvgIpc) is 2.68. The SMILES string of the molecule is CC(C)NCCOc1snc2ccccc12. The standard InChI is InChI=1S/C12H16N2OS/c1-9(2)13-7-8-15-12-10-5-3-4-6-11(10)14-16-12/h3-6,9,13H,7-8H2,1-2H3. The summed E-state index contributed by atoms with van der Waals surface area (Å²) in [4.78, 5) is 0. The maximum absolute atomic E-state index is 5.70. The fourth-order valence-corrected chi connectivity index (χ4v) is 2.21. The van der Waals surface area contributed by atoms with Crippen LogP contribution in [0.5, 0.6) is 5.06 Å². The van der Waals surface area contributed by atoms with Gasteiger partial charge in [0.15, 0.2) is 0 Å². The highest BCUT2D eigenvalue weighted by atomic mass is 32.1. The third-order valence-electron chi connectivity index (χ3n) is 2.24. The second-order valence-electron chi connectivity index (χ2n) is 3.94. The zero-order valence-electron chi connectivity index (χ0n) is 9.56. The highest BCUT2D eigenvalue weighted by Gasteiger charge is 2.05. The Morgan fingerprint density at radius 3 is 3.00 bits per heavy atom. The van der Waals surface area contributed by atoms with E-state index in [2.05, 4.69) is 23.5 Å². The Balaban J connectivity index is 1.94. The van der Waals surface area contributed by atoms with Gasteiger partial charge in [0.1, 0.15) is 6.61 Å². The largest absolute Gasteiger partial charge is 0.481 e. The number of rotatable bonds is 5. The first kappa shape index (κ1) is 11.4. The van der Waals surface area contributed by atoms with Crippen molar-refractivity contribution >= 4 is 22.4 Å². The first-order chi connectivity index (χ1) is 7.77. The summed E-state index contributed by atoms with van der Waals surface area (Å²) in [6.45, 7) is 5.80. The normalized spacial score (nSPS) is 11.2. The molecule has 0 bridgehead atoms. The lowest BCUT2D eigenvalue weighted by molar-refractivity contribution is 0.320. The number of hydrogen-bond donors (Lipinski definition) is 1. The number of hydrogen-bond acceptors (Lipinski definition) is 4. The van der Waals surface area contributed by atoms with Crippen LogP contribution in [-0.2, 0) is 0 Å². The summed E-state index contributed by atoms with van der Waals surface area (Å²) >= 11 is 1.42. The van der Waals surface area contributed by atoms with Crippen LogP contribution in [0.1, 0.15) is 13.8 Å². The molecule has 1 aromatic heterocycles. The summed E-state index contributed by atoms with van der Waals surface area (Å²) in [6.07, 6.45) is 0. The van der Waals surface area contributed by atoms with Crippen molar-refractivity contribution in [3.63, 3.8) is 0 Å². The second-order valence-corrected chi connectivity index (χ2v) is 4.68. The molecule has 0 radical (unpaired) electrons. The molecule has 1 N–H and O–H groups in total. The maximum atomic E-state index is 5.70. The Kier molecular flexibility index (Phi) is 3.74. The third kappa shape index (κ3) is 2.71. The number of aromatic nitrogens is 1. The predicted molar refractivity (Wildman–Crippen MR) is 68.3 cm³/mol. The Morgan fingerprint density at radius 2 is 2.19 bits per heavy atom. The number of fused-ring (bicyclic) bond motifs is 1. The Morgan fingerprint density at radius 1 is 1.38 bits per heavy atom. The lowest BCUT2D eigenvalue weighted by Gasteiger charge is -2.08. The fraction of sp³-hybridized carbons (Fsp3) is 0.417. The van der Waals surface area contributed by atoms with Gasteiger partial charge in [-0.3, -0.25) is 0 Å². The zero-order chi connectivity index (χ0) is 11.4. The molecule has 0 aliphatic rings. The van der Waals surface area contributed by atoms with Gasteiger partial charge in [-0.1, -0.05) is 26.0 Å². The van der Waals surface area contributed by atoms with Crippen LogP contribution in [0.2, 0.25) is 0 Å². The van der Waals surface area contributed by atoms with Crippen molar-refractivity contribution < 1.29 is 4.74 Å². The first-order valence-corrected chi connectivity index (χ1v) is 6.25. The zero-order valence-corrected chi connectivity index (χ0v) is 10.4. The van der Waals surface area contributed by atoms with Crippen LogP contribution in [0.4, 0.5) is 0 Å². The molecular weight excluding hydrogens is 220 g/mol. The van der Waals surface area contributed by atoms with Crippen molar-refractivity contribution in [3.05, 3.63) is 24.3 Å². The smallest absolute Gasteiger partial charge is 0.201 e. The van der Waals surface area contributed by atoms with Crippen LogP contribution in [0.15, 0.2) is 24.3 Å². The topological polar surface area (TPSA) is 34.1 Å². The van der Waals surface area contributed by atoms with E-state index in [1.807, 2.05) is 24.3 Å². The average molecular weight is 236 g/mol. The van der Waals surface area contributed by atoms with Gasteiger partial charge in [-0.15, -0.1) is 0 Å². The van der Waals surface area contributed by atoms with E-state index in [9.17, 15) is 0 Å². The molecule has 0 saturated heterocycles. The van der Waals surface area contributed by atoms with Gasteiger partial charge >= 0.3 is 0 Å². The van der Waals surface area contributed by atoms with Gasteiger partial charge in [0.25, 0.3) is 0 Å². The van der Waals surface area contributed by atoms with Crippen molar-refractivity contribution in [1.82, 2.24) is 9.69 Å². The predicted octanol–water partition coefficient (Wildman–Crippen LogP) is 2.67. The molecule has 2 aromatic rings. The van der Waals surface area contributed by atoms with Crippen molar-refractivity contribution in [2.24, 2.45) is 0 Å². The van der Waals surface area contributed by atoms with Crippen LogP contribution < -0.4 is 10.1 Å². The summed E-state index contributed by atoms with van der Waals surface area (Å²) in [5, 5.41) is 5.34. The Bertz CT molecular complexity index is 453. The van der Waals surface area contributed by atoms with Crippen LogP contribution in [-0.4, -0.2) is 23.6 Å². The molecule has 0 saturated carbocycles. The van der Waals surface area contributed by atoms with E-state index in [0.29, 0.717) is 12.6 Å². The van der Waals surface area contributed by atoms with Crippen molar-refractivity contribution in [2.75, 3.05) is 13.2 Å². The molecule has 3 nitrogen and oxygen atoms in total. The van der Waals surface area contributed by atoms with Crippen LogP contribution in [0.25, 0.3) is 10.9 Å². The van der Waals surface area contributed by atoms with E-state index in [1.54, 1.807) is 0 Å². The molecule has 0 aliphatic heterocycles. The monoisotopic (exact) mass is 236 g/mol. The van der Waals surface area contributed by atoms with Crippen molar-refractivity contribution in [1.29, 1.82) is 0 Å². The lowest BCUT2D eigenvalue weighted by Crippen LogP contribution is -2.27. The van der Waals surface area contributed by atoms with Crippen molar-refractivity contribution in [3.8, 4) is 5.06 Å². The molecule has 0 aliphatic carbocycles. The van der Waals surface area contributed by atoms with E-state index < -0.39 is 0 Å². The Hall–Kier alpha value is -1.13. The molecule has 16 heavy (non-hydrogen) atoms. The summed E-state index contributed by atoms with van der Waals surface area (Å²) in [5.74, 6) is 0. The van der Waals surface area contributed by atoms with Gasteiger partial charge in [0.2, 0.25) is 5.06 Å². The van der Waals surface area contributed by atoms with Gasteiger partial charge in [0, 0.05) is 24.1 Å². The first-order valence-electron chi connectivity index (χ1n) is 5.48. The molecule has 0 unspecified atom stereocenters. The number of nitrogens with one attached hydrogen (secondary N) is 1. The van der Waals surface area contributed by atoms with Gasteiger partial charge in [0.05, 0.1) is 10.9 Å². The number of nitrogens with zero attached hydrogens (tertiary/aromatic N) is 1. The quantitative estimate of drug-likeness (QED) is 0.810. The van der Waals surface area contributed by atoms with Crippen molar-refractivity contribution in [2.45, 2.75) is 19.9 Å². The minimum atomic E-state index is 0.502. The molecule has 2 rings (SSSR count). The van der Waals surface area contributed by atoms with Gasteiger partial charge in [-0.2, -0.15) is 4.37 Å². The molecule has 0 atom stereocenters. The summed E-state index contributed by atoms with van der Waals surface area (Å²) in [7, 11) is 0. The Labute approximate surface area is 99.6 Å². The van der Waals surface area contributed by atoms with Crippen LogP contribution in [0.3, 0.4) is 0 Å². The minimum Gasteiger partial charge on any atom is -0.481 e. The van der Waals surface area contributed by atoms with Gasteiger partial charge in [-0.25, -0.2) is 0 Å². The second kappa shape index (κ2) is 5.27. The molecule has 4 heteroatoms. The van der Waals surface area contributed by atoms with Gasteiger partial charge < -0.3 is 10.1 Å². The van der Waals surface area contributed by atoms with Crippen LogP contribution >= 0.6 is 11.5 Å². The molecule has 1 aromatic carbocycles. The number of benzene rings is 1. The van der Waals surface area contributed by atoms with E-state index in [1.165, 1.54) is 11.5 Å². The van der Waals surface area contributed by atoms with E-state index in [0.717, 1.165) is 22.5 Å². The third-order valence-corrected chi connectivity index (χ3v) is 3.03. The molecule has 1 heterocycles. The maximum Gasteiger partial charge on any atom is 0.201 e. The van der Waals surface area contributed by atoms with E-state index >= 15 is 0 Å². The lowest BCUT2D eigenvalue weighted by atomic mass is 10.3.